The van der Waals surface area contributed by atoms with Gasteiger partial charge in [0.1, 0.15) is 6.10 Å². The lowest BCUT2D eigenvalue weighted by Gasteiger charge is -2.22. The van der Waals surface area contributed by atoms with Crippen molar-refractivity contribution in [3.05, 3.63) is 48.5 Å². The van der Waals surface area contributed by atoms with Crippen molar-refractivity contribution in [2.24, 2.45) is 0 Å². The fourth-order valence-electron chi connectivity index (χ4n) is 3.41. The van der Waals surface area contributed by atoms with Gasteiger partial charge in [-0.3, -0.25) is 9.78 Å². The van der Waals surface area contributed by atoms with E-state index in [2.05, 4.69) is 25.2 Å². The van der Waals surface area contributed by atoms with Crippen LogP contribution in [0.3, 0.4) is 0 Å². The number of nitrogens with one attached hydrogen (secondary N) is 1. The van der Waals surface area contributed by atoms with E-state index >= 15 is 0 Å². The van der Waals surface area contributed by atoms with Crippen LogP contribution in [0.25, 0.3) is 0 Å². The summed E-state index contributed by atoms with van der Waals surface area (Å²) in [6, 6.07) is 5.76. The molecule has 3 atom stereocenters. The summed E-state index contributed by atoms with van der Waals surface area (Å²) in [5, 5.41) is 17.2. The van der Waals surface area contributed by atoms with Gasteiger partial charge in [0.05, 0.1) is 12.1 Å². The number of aromatic nitrogens is 3. The number of amides is 1. The van der Waals surface area contributed by atoms with Crippen molar-refractivity contribution < 1.29 is 55.7 Å². The van der Waals surface area contributed by atoms with E-state index in [0.29, 0.717) is 18.9 Å². The number of pyridine rings is 1. The Morgan fingerprint density at radius 3 is 2.08 bits per heavy atom. The summed E-state index contributed by atoms with van der Waals surface area (Å²) >= 11 is 0. The van der Waals surface area contributed by atoms with Crippen LogP contribution in [0.2, 0.25) is 0 Å². The van der Waals surface area contributed by atoms with E-state index in [-0.39, 0.29) is 18.1 Å². The number of carboxylic acid groups (broad SMARTS) is 2. The van der Waals surface area contributed by atoms with Crippen molar-refractivity contribution in [2.45, 2.75) is 50.0 Å². The van der Waals surface area contributed by atoms with E-state index in [0.717, 1.165) is 18.5 Å². The van der Waals surface area contributed by atoms with Gasteiger partial charge in [-0.05, 0) is 24.1 Å². The summed E-state index contributed by atoms with van der Waals surface area (Å²) in [5.41, 5.74) is 0.975. The molecule has 0 bridgehead atoms. The summed E-state index contributed by atoms with van der Waals surface area (Å²) in [7, 11) is 0. The van der Waals surface area contributed by atoms with Gasteiger partial charge in [0, 0.05) is 44.3 Å². The molecule has 2 aliphatic rings. The number of fused-ring (bicyclic) bond motifs is 1. The first-order valence-corrected chi connectivity index (χ1v) is 10.7. The molecule has 0 unspecified atom stereocenters. The standard InChI is InChI=1S/C17H19N5O2.2C2HF3O2/c23-16(21-11-12-3-1-5-18-10-12)15-9-13-14(24-15)4-8-22(13)17-19-6-2-7-20-17;2*3-2(4,5)1(6)7/h1-3,5-7,10,13-15H,4,8-9,11H2,(H,21,23);2*(H,6,7)/t13-,14-,15-;;/m0../s1. The van der Waals surface area contributed by atoms with E-state index in [1.54, 1.807) is 30.9 Å². The lowest BCUT2D eigenvalue weighted by atomic mass is 10.1. The molecule has 2 aromatic rings. The molecular formula is C21H21F6N5O6. The number of hydrogen-bond acceptors (Lipinski definition) is 8. The molecule has 2 aliphatic heterocycles. The minimum absolute atomic E-state index is 0.0674. The van der Waals surface area contributed by atoms with Crippen molar-refractivity contribution >= 4 is 23.8 Å². The van der Waals surface area contributed by atoms with Gasteiger partial charge in [-0.2, -0.15) is 26.3 Å². The zero-order chi connectivity index (χ0) is 28.5. The number of ether oxygens (including phenoxy) is 1. The highest BCUT2D eigenvalue weighted by Crippen LogP contribution is 2.34. The first-order chi connectivity index (χ1) is 17.7. The Balaban J connectivity index is 0.000000301. The highest BCUT2D eigenvalue weighted by Gasteiger charge is 2.46. The number of alkyl halides is 6. The zero-order valence-electron chi connectivity index (χ0n) is 19.2. The molecule has 0 aliphatic carbocycles. The molecule has 38 heavy (non-hydrogen) atoms. The fraction of sp³-hybridized carbons (Fsp3) is 0.429. The second-order valence-corrected chi connectivity index (χ2v) is 7.68. The zero-order valence-corrected chi connectivity index (χ0v) is 19.2. The molecule has 4 rings (SSSR count). The summed E-state index contributed by atoms with van der Waals surface area (Å²) in [4.78, 5) is 45.0. The van der Waals surface area contributed by atoms with Gasteiger partial charge in [0.15, 0.2) is 0 Å². The maximum absolute atomic E-state index is 12.4. The molecule has 208 valence electrons. The second-order valence-electron chi connectivity index (χ2n) is 7.68. The molecule has 3 N–H and O–H groups in total. The van der Waals surface area contributed by atoms with Crippen LogP contribution in [0.1, 0.15) is 18.4 Å². The number of halogens is 6. The third kappa shape index (κ3) is 9.13. The topological polar surface area (TPSA) is 155 Å². The molecule has 1 amide bonds. The van der Waals surface area contributed by atoms with Crippen molar-refractivity contribution in [1.82, 2.24) is 20.3 Å². The van der Waals surface area contributed by atoms with E-state index in [9.17, 15) is 31.1 Å². The van der Waals surface area contributed by atoms with Crippen molar-refractivity contribution in [3.8, 4) is 0 Å². The molecule has 2 fully saturated rings. The Labute approximate surface area is 210 Å². The molecular weight excluding hydrogens is 532 g/mol. The van der Waals surface area contributed by atoms with Crippen molar-refractivity contribution in [3.63, 3.8) is 0 Å². The third-order valence-corrected chi connectivity index (χ3v) is 5.05. The van der Waals surface area contributed by atoms with E-state index in [4.69, 9.17) is 24.5 Å². The fourth-order valence-corrected chi connectivity index (χ4v) is 3.41. The maximum atomic E-state index is 12.4. The number of rotatable bonds is 4. The molecule has 0 aromatic carbocycles. The van der Waals surface area contributed by atoms with Crippen LogP contribution in [-0.2, 0) is 25.7 Å². The number of carbonyl (C=O) groups excluding carboxylic acids is 1. The minimum atomic E-state index is -5.08. The van der Waals surface area contributed by atoms with Crippen molar-refractivity contribution in [1.29, 1.82) is 0 Å². The first-order valence-electron chi connectivity index (χ1n) is 10.7. The molecule has 0 spiro atoms. The summed E-state index contributed by atoms with van der Waals surface area (Å²) in [6.45, 7) is 1.33. The van der Waals surface area contributed by atoms with Gasteiger partial charge >= 0.3 is 24.3 Å². The number of carboxylic acids is 2. The average Bonchev–Trinajstić information content (AvgIpc) is 3.44. The summed E-state index contributed by atoms with van der Waals surface area (Å²) in [5.74, 6) is -4.87. The predicted molar refractivity (Wildman–Crippen MR) is 115 cm³/mol. The van der Waals surface area contributed by atoms with E-state index < -0.39 is 30.4 Å². The Kier molecular flexibility index (Phi) is 10.3. The van der Waals surface area contributed by atoms with Crippen LogP contribution in [0.15, 0.2) is 43.0 Å². The van der Waals surface area contributed by atoms with Gasteiger partial charge in [0.25, 0.3) is 0 Å². The number of hydrogen-bond donors (Lipinski definition) is 3. The average molecular weight is 553 g/mol. The number of anilines is 1. The number of carbonyl (C=O) groups is 3. The van der Waals surface area contributed by atoms with Gasteiger partial charge in [0.2, 0.25) is 11.9 Å². The SMILES string of the molecule is O=C(NCc1cccnc1)[C@@H]1C[C@H]2[C@H](CCN2c2ncccn2)O1.O=C(O)C(F)(F)F.O=C(O)C(F)(F)F. The van der Waals surface area contributed by atoms with Gasteiger partial charge in [-0.1, -0.05) is 6.07 Å². The van der Waals surface area contributed by atoms with Crippen LogP contribution in [0, 0.1) is 0 Å². The Morgan fingerprint density at radius 2 is 1.58 bits per heavy atom. The Hall–Kier alpha value is -4.02. The minimum Gasteiger partial charge on any atom is -0.475 e. The van der Waals surface area contributed by atoms with Crippen LogP contribution in [-0.4, -0.2) is 80.2 Å². The Morgan fingerprint density at radius 1 is 1.00 bits per heavy atom. The normalized spacial score (nSPS) is 20.3. The predicted octanol–water partition coefficient (Wildman–Crippen LogP) is 2.19. The summed E-state index contributed by atoms with van der Waals surface area (Å²) < 4.78 is 69.4. The van der Waals surface area contributed by atoms with Gasteiger partial charge in [-0.25, -0.2) is 19.6 Å². The molecule has 17 heteroatoms. The molecule has 11 nitrogen and oxygen atoms in total. The molecule has 0 radical (unpaired) electrons. The molecule has 4 heterocycles. The lowest BCUT2D eigenvalue weighted by molar-refractivity contribution is -0.193. The number of aliphatic carboxylic acids is 2. The van der Waals surface area contributed by atoms with Gasteiger partial charge in [-0.15, -0.1) is 0 Å². The van der Waals surface area contributed by atoms with Crippen LogP contribution >= 0.6 is 0 Å². The van der Waals surface area contributed by atoms with E-state index in [1.165, 1.54) is 0 Å². The summed E-state index contributed by atoms with van der Waals surface area (Å²) in [6.07, 6.45) is -2.00. The monoisotopic (exact) mass is 553 g/mol. The van der Waals surface area contributed by atoms with Gasteiger partial charge < -0.3 is 25.2 Å². The van der Waals surface area contributed by atoms with Crippen LogP contribution in [0.5, 0.6) is 0 Å². The lowest BCUT2D eigenvalue weighted by Crippen LogP contribution is -2.36. The largest absolute Gasteiger partial charge is 0.490 e. The third-order valence-electron chi connectivity index (χ3n) is 5.05. The first kappa shape index (κ1) is 30.2. The molecule has 2 saturated heterocycles. The van der Waals surface area contributed by atoms with E-state index in [1.807, 2.05) is 12.1 Å². The highest BCUT2D eigenvalue weighted by atomic mass is 19.4. The highest BCUT2D eigenvalue weighted by molar-refractivity contribution is 5.81. The number of nitrogens with zero attached hydrogens (tertiary/aromatic N) is 4. The molecule has 2 aromatic heterocycles. The van der Waals surface area contributed by atoms with Crippen LogP contribution in [0.4, 0.5) is 32.3 Å². The molecule has 0 saturated carbocycles. The van der Waals surface area contributed by atoms with Crippen molar-refractivity contribution in [2.75, 3.05) is 11.4 Å². The quantitative estimate of drug-likeness (QED) is 0.480. The Bertz CT molecular complexity index is 1050. The smallest absolute Gasteiger partial charge is 0.475 e. The van der Waals surface area contributed by atoms with Crippen LogP contribution < -0.4 is 10.2 Å². The second kappa shape index (κ2) is 13.0. The maximum Gasteiger partial charge on any atom is 0.490 e.